The molecule has 0 unspecified atom stereocenters. The second-order valence-corrected chi connectivity index (χ2v) is 2.93. The summed E-state index contributed by atoms with van der Waals surface area (Å²) in [6, 6.07) is -1.04. The Labute approximate surface area is 74.5 Å². The number of hydrogen-bond donors (Lipinski definition) is 2. The van der Waals surface area contributed by atoms with E-state index in [1.807, 2.05) is 5.32 Å². The fourth-order valence-corrected chi connectivity index (χ4v) is 0.783. The van der Waals surface area contributed by atoms with Crippen molar-refractivity contribution in [2.45, 2.75) is 26.3 Å². The van der Waals surface area contributed by atoms with E-state index < -0.39 is 24.3 Å². The molecule has 76 valence electrons. The average Bonchev–Trinajstić information content (AvgIpc) is 1.97. The number of carbonyl (C=O) groups is 2. The van der Waals surface area contributed by atoms with Crippen molar-refractivity contribution in [1.82, 2.24) is 5.32 Å². The highest BCUT2D eigenvalue weighted by molar-refractivity contribution is 5.87. The van der Waals surface area contributed by atoms with Gasteiger partial charge in [0, 0.05) is 0 Å². The van der Waals surface area contributed by atoms with Crippen molar-refractivity contribution >= 4 is 11.8 Å². The Morgan fingerprint density at radius 2 is 1.77 bits per heavy atom. The molecule has 0 saturated heterocycles. The van der Waals surface area contributed by atoms with Crippen LogP contribution < -0.4 is 11.1 Å². The van der Waals surface area contributed by atoms with Crippen molar-refractivity contribution in [3.8, 4) is 0 Å². The molecule has 1 atom stereocenters. The van der Waals surface area contributed by atoms with Crippen LogP contribution in [0, 0.1) is 5.92 Å². The Hall–Kier alpha value is -1.20. The summed E-state index contributed by atoms with van der Waals surface area (Å²) in [4.78, 5) is 21.2. The number of alkyl halides is 2. The molecular formula is C7H12F2N2O2. The molecule has 13 heavy (non-hydrogen) atoms. The highest BCUT2D eigenvalue weighted by Gasteiger charge is 2.25. The Balaban J connectivity index is 4.27. The third-order valence-electron chi connectivity index (χ3n) is 1.47. The van der Waals surface area contributed by atoms with Gasteiger partial charge >= 0.3 is 6.43 Å². The third-order valence-corrected chi connectivity index (χ3v) is 1.47. The third kappa shape index (κ3) is 3.82. The molecule has 0 aliphatic heterocycles. The topological polar surface area (TPSA) is 72.2 Å². The zero-order chi connectivity index (χ0) is 10.6. The Morgan fingerprint density at radius 1 is 1.31 bits per heavy atom. The molecule has 0 fully saturated rings. The van der Waals surface area contributed by atoms with Gasteiger partial charge in [-0.2, -0.15) is 8.78 Å². The van der Waals surface area contributed by atoms with Crippen LogP contribution in [0.4, 0.5) is 8.78 Å². The Kier molecular flexibility index (Phi) is 4.30. The second kappa shape index (κ2) is 4.74. The van der Waals surface area contributed by atoms with Gasteiger partial charge in [-0.15, -0.1) is 0 Å². The highest BCUT2D eigenvalue weighted by Crippen LogP contribution is 2.02. The summed E-state index contributed by atoms with van der Waals surface area (Å²) in [7, 11) is 0. The van der Waals surface area contributed by atoms with Crippen LogP contribution in [0.1, 0.15) is 13.8 Å². The van der Waals surface area contributed by atoms with Crippen molar-refractivity contribution in [1.29, 1.82) is 0 Å². The van der Waals surface area contributed by atoms with Crippen LogP contribution in [-0.2, 0) is 9.59 Å². The smallest absolute Gasteiger partial charge is 0.315 e. The van der Waals surface area contributed by atoms with Crippen molar-refractivity contribution in [2.75, 3.05) is 0 Å². The molecule has 0 spiro atoms. The van der Waals surface area contributed by atoms with E-state index >= 15 is 0 Å². The molecule has 6 heteroatoms. The van der Waals surface area contributed by atoms with Gasteiger partial charge in [-0.25, -0.2) is 0 Å². The summed E-state index contributed by atoms with van der Waals surface area (Å²) < 4.78 is 23.5. The first-order valence-corrected chi connectivity index (χ1v) is 3.74. The van der Waals surface area contributed by atoms with Crippen LogP contribution in [-0.4, -0.2) is 24.3 Å². The predicted octanol–water partition coefficient (Wildman–Crippen LogP) is -0.122. The molecule has 4 nitrogen and oxygen atoms in total. The van der Waals surface area contributed by atoms with Gasteiger partial charge in [-0.1, -0.05) is 13.8 Å². The minimum Gasteiger partial charge on any atom is -0.368 e. The van der Waals surface area contributed by atoms with E-state index in [9.17, 15) is 18.4 Å². The molecule has 0 rings (SSSR count). The lowest BCUT2D eigenvalue weighted by Crippen LogP contribution is -2.49. The summed E-state index contributed by atoms with van der Waals surface area (Å²) in [6.07, 6.45) is -3.12. The first-order valence-electron chi connectivity index (χ1n) is 3.74. The zero-order valence-corrected chi connectivity index (χ0v) is 7.38. The number of amides is 2. The van der Waals surface area contributed by atoms with Gasteiger partial charge in [-0.05, 0) is 5.92 Å². The number of hydrogen-bond acceptors (Lipinski definition) is 2. The second-order valence-electron chi connectivity index (χ2n) is 2.93. The van der Waals surface area contributed by atoms with Crippen molar-refractivity contribution < 1.29 is 18.4 Å². The molecule has 2 amide bonds. The van der Waals surface area contributed by atoms with Crippen LogP contribution in [0.2, 0.25) is 0 Å². The van der Waals surface area contributed by atoms with Crippen LogP contribution in [0.15, 0.2) is 0 Å². The lowest BCUT2D eigenvalue weighted by atomic mass is 10.0. The summed E-state index contributed by atoms with van der Waals surface area (Å²) in [5, 5.41) is 1.85. The SMILES string of the molecule is CC(C)[C@H](NC(=O)C(F)F)C(N)=O. The van der Waals surface area contributed by atoms with Crippen LogP contribution >= 0.6 is 0 Å². The number of halogens is 2. The lowest BCUT2D eigenvalue weighted by molar-refractivity contribution is -0.135. The fourth-order valence-electron chi connectivity index (χ4n) is 0.783. The van der Waals surface area contributed by atoms with Gasteiger partial charge in [0.1, 0.15) is 6.04 Å². The minimum absolute atomic E-state index is 0.305. The van der Waals surface area contributed by atoms with E-state index in [2.05, 4.69) is 0 Å². The molecule has 0 aliphatic carbocycles. The highest BCUT2D eigenvalue weighted by atomic mass is 19.3. The Bertz CT molecular complexity index is 207. The summed E-state index contributed by atoms with van der Waals surface area (Å²) in [5.74, 6) is -2.60. The molecule has 0 aromatic carbocycles. The molecule has 0 aromatic rings. The van der Waals surface area contributed by atoms with E-state index in [4.69, 9.17) is 5.73 Å². The largest absolute Gasteiger partial charge is 0.368 e. The van der Waals surface area contributed by atoms with E-state index in [1.165, 1.54) is 0 Å². The molecular weight excluding hydrogens is 182 g/mol. The maximum Gasteiger partial charge on any atom is 0.315 e. The number of rotatable bonds is 4. The first kappa shape index (κ1) is 11.8. The van der Waals surface area contributed by atoms with Gasteiger partial charge < -0.3 is 11.1 Å². The van der Waals surface area contributed by atoms with Crippen LogP contribution in [0.3, 0.4) is 0 Å². The standard InChI is InChI=1S/C7H12F2N2O2/c1-3(2)4(6(10)12)11-7(13)5(8)9/h3-5H,1-2H3,(H2,10,12)(H,11,13)/t4-/m0/s1. The molecule has 0 radical (unpaired) electrons. The van der Waals surface area contributed by atoms with Gasteiger partial charge in [0.15, 0.2) is 0 Å². The average molecular weight is 194 g/mol. The maximum absolute atomic E-state index is 11.8. The van der Waals surface area contributed by atoms with Crippen LogP contribution in [0.25, 0.3) is 0 Å². The van der Waals surface area contributed by atoms with Crippen molar-refractivity contribution in [3.05, 3.63) is 0 Å². The van der Waals surface area contributed by atoms with Crippen molar-refractivity contribution in [2.24, 2.45) is 11.7 Å². The minimum atomic E-state index is -3.12. The lowest BCUT2D eigenvalue weighted by Gasteiger charge is -2.18. The number of nitrogens with two attached hydrogens (primary N) is 1. The quantitative estimate of drug-likeness (QED) is 0.654. The van der Waals surface area contributed by atoms with E-state index in [0.717, 1.165) is 0 Å². The Morgan fingerprint density at radius 3 is 2.00 bits per heavy atom. The molecule has 0 aromatic heterocycles. The molecule has 0 heterocycles. The molecule has 0 bridgehead atoms. The van der Waals surface area contributed by atoms with Gasteiger partial charge in [0.25, 0.3) is 5.91 Å². The zero-order valence-electron chi connectivity index (χ0n) is 7.38. The number of primary amides is 1. The molecule has 3 N–H and O–H groups in total. The number of nitrogens with one attached hydrogen (secondary N) is 1. The maximum atomic E-state index is 11.8. The number of carbonyl (C=O) groups excluding carboxylic acids is 2. The van der Waals surface area contributed by atoms with Gasteiger partial charge in [0.2, 0.25) is 5.91 Å². The predicted molar refractivity (Wildman–Crippen MR) is 42.0 cm³/mol. The van der Waals surface area contributed by atoms with E-state index in [0.29, 0.717) is 0 Å². The molecule has 0 aliphatic rings. The molecule has 0 saturated carbocycles. The summed E-state index contributed by atoms with van der Waals surface area (Å²) in [5.41, 5.74) is 4.89. The first-order chi connectivity index (χ1) is 5.86. The summed E-state index contributed by atoms with van der Waals surface area (Å²) in [6.45, 7) is 3.20. The van der Waals surface area contributed by atoms with Crippen molar-refractivity contribution in [3.63, 3.8) is 0 Å². The van der Waals surface area contributed by atoms with Crippen LogP contribution in [0.5, 0.6) is 0 Å². The van der Waals surface area contributed by atoms with E-state index in [1.54, 1.807) is 13.8 Å². The van der Waals surface area contributed by atoms with E-state index in [-0.39, 0.29) is 5.92 Å². The normalized spacial score (nSPS) is 13.1. The van der Waals surface area contributed by atoms with Gasteiger partial charge in [-0.3, -0.25) is 9.59 Å². The van der Waals surface area contributed by atoms with Gasteiger partial charge in [0.05, 0.1) is 0 Å². The monoisotopic (exact) mass is 194 g/mol. The summed E-state index contributed by atoms with van der Waals surface area (Å²) >= 11 is 0. The fraction of sp³-hybridized carbons (Fsp3) is 0.714.